The van der Waals surface area contributed by atoms with Gasteiger partial charge in [0, 0.05) is 48.1 Å². The van der Waals surface area contributed by atoms with Crippen LogP contribution in [-0.4, -0.2) is 49.5 Å². The molecule has 7 heteroatoms. The third-order valence-corrected chi connectivity index (χ3v) is 6.96. The molecule has 1 amide bonds. The van der Waals surface area contributed by atoms with Gasteiger partial charge in [-0.3, -0.25) is 4.79 Å². The number of piperidine rings is 1. The van der Waals surface area contributed by atoms with Gasteiger partial charge in [-0.15, -0.1) is 0 Å². The topological polar surface area (TPSA) is 73.6 Å². The van der Waals surface area contributed by atoms with Gasteiger partial charge in [-0.1, -0.05) is 19.9 Å². The number of H-pyrrole nitrogens is 1. The van der Waals surface area contributed by atoms with Crippen LogP contribution in [0.15, 0.2) is 42.9 Å². The summed E-state index contributed by atoms with van der Waals surface area (Å²) >= 11 is 0. The lowest BCUT2D eigenvalue weighted by Crippen LogP contribution is -2.39. The molecule has 0 bridgehead atoms. The number of halogens is 1. The SMILES string of the molecule is CC(C)c1c(-c2cc(F)c3nccn3c2)[nH]c2ccc(C3CCN(C(=O)C[C@H](C)O)CC3)cc12. The molecule has 1 saturated heterocycles. The number of fused-ring (bicyclic) bond motifs is 2. The Bertz CT molecular complexity index is 1350. The molecule has 4 aromatic rings. The number of aliphatic hydroxyl groups is 1. The minimum atomic E-state index is -0.604. The maximum atomic E-state index is 14.7. The van der Waals surface area contributed by atoms with Crippen molar-refractivity contribution in [2.24, 2.45) is 0 Å². The molecule has 0 unspecified atom stereocenters. The number of nitrogens with zero attached hydrogens (tertiary/aromatic N) is 3. The second kappa shape index (κ2) is 8.87. The Balaban J connectivity index is 1.47. The summed E-state index contributed by atoms with van der Waals surface area (Å²) in [5, 5.41) is 10.7. The molecule has 6 nitrogen and oxygen atoms in total. The summed E-state index contributed by atoms with van der Waals surface area (Å²) in [4.78, 5) is 21.8. The van der Waals surface area contributed by atoms with E-state index in [4.69, 9.17) is 0 Å². The van der Waals surface area contributed by atoms with Gasteiger partial charge in [-0.05, 0) is 60.9 Å². The van der Waals surface area contributed by atoms with Gasteiger partial charge in [0.1, 0.15) is 0 Å². The molecule has 1 fully saturated rings. The Morgan fingerprint density at radius 2 is 2.00 bits per heavy atom. The summed E-state index contributed by atoms with van der Waals surface area (Å²) in [6.45, 7) is 7.41. The Kier molecular flexibility index (Phi) is 5.90. The van der Waals surface area contributed by atoms with Crippen molar-refractivity contribution >= 4 is 22.5 Å². The summed E-state index contributed by atoms with van der Waals surface area (Å²) in [6, 6.07) is 8.12. The first-order valence-corrected chi connectivity index (χ1v) is 12.1. The number of aromatic amines is 1. The van der Waals surface area contributed by atoms with Gasteiger partial charge in [0.15, 0.2) is 11.5 Å². The highest BCUT2D eigenvalue weighted by Crippen LogP contribution is 2.38. The predicted molar refractivity (Wildman–Crippen MR) is 131 cm³/mol. The van der Waals surface area contributed by atoms with Crippen molar-refractivity contribution in [3.05, 3.63) is 59.8 Å². The van der Waals surface area contributed by atoms with E-state index < -0.39 is 6.10 Å². The zero-order valence-corrected chi connectivity index (χ0v) is 19.9. The number of benzene rings is 1. The van der Waals surface area contributed by atoms with Crippen LogP contribution in [0.25, 0.3) is 27.8 Å². The highest BCUT2D eigenvalue weighted by Gasteiger charge is 2.25. The number of hydrogen-bond acceptors (Lipinski definition) is 3. The third-order valence-electron chi connectivity index (χ3n) is 6.96. The summed E-state index contributed by atoms with van der Waals surface area (Å²) in [6.07, 6.45) is 6.69. The summed E-state index contributed by atoms with van der Waals surface area (Å²) < 4.78 is 16.4. The molecule has 1 aliphatic heterocycles. The predicted octanol–water partition coefficient (Wildman–Crippen LogP) is 5.22. The maximum Gasteiger partial charge on any atom is 0.225 e. The minimum Gasteiger partial charge on any atom is -0.393 e. The summed E-state index contributed by atoms with van der Waals surface area (Å²) in [7, 11) is 0. The molecular formula is C27H31FN4O2. The number of amides is 1. The fraction of sp³-hybridized carbons (Fsp3) is 0.407. The fourth-order valence-electron chi connectivity index (χ4n) is 5.28. The molecule has 0 aliphatic carbocycles. The summed E-state index contributed by atoms with van der Waals surface area (Å²) in [5.41, 5.74) is 5.56. The zero-order valence-electron chi connectivity index (χ0n) is 19.9. The van der Waals surface area contributed by atoms with Gasteiger partial charge in [0.2, 0.25) is 5.91 Å². The molecule has 4 heterocycles. The van der Waals surface area contributed by atoms with Crippen LogP contribution in [-0.2, 0) is 4.79 Å². The fourth-order valence-corrected chi connectivity index (χ4v) is 5.28. The van der Waals surface area contributed by atoms with Crippen LogP contribution < -0.4 is 0 Å². The van der Waals surface area contributed by atoms with E-state index in [1.807, 2.05) is 11.1 Å². The number of carbonyl (C=O) groups excluding carboxylic acids is 1. The molecule has 5 rings (SSSR count). The van der Waals surface area contributed by atoms with Crippen LogP contribution in [0, 0.1) is 5.82 Å². The number of nitrogens with one attached hydrogen (secondary N) is 1. The highest BCUT2D eigenvalue weighted by molar-refractivity contribution is 5.92. The molecule has 1 atom stereocenters. The van der Waals surface area contributed by atoms with Crippen molar-refractivity contribution in [1.82, 2.24) is 19.3 Å². The molecule has 2 N–H and O–H groups in total. The van der Waals surface area contributed by atoms with Gasteiger partial charge in [-0.25, -0.2) is 9.37 Å². The monoisotopic (exact) mass is 462 g/mol. The van der Waals surface area contributed by atoms with Crippen LogP contribution >= 0.6 is 0 Å². The van der Waals surface area contributed by atoms with Crippen molar-refractivity contribution < 1.29 is 14.3 Å². The maximum absolute atomic E-state index is 14.7. The van der Waals surface area contributed by atoms with E-state index >= 15 is 0 Å². The lowest BCUT2D eigenvalue weighted by Gasteiger charge is -2.32. The van der Waals surface area contributed by atoms with E-state index in [-0.39, 0.29) is 24.1 Å². The van der Waals surface area contributed by atoms with E-state index in [1.165, 1.54) is 16.5 Å². The quantitative estimate of drug-likeness (QED) is 0.427. The molecular weight excluding hydrogens is 431 g/mol. The number of pyridine rings is 1. The number of hydrogen-bond donors (Lipinski definition) is 2. The number of aromatic nitrogens is 3. The largest absolute Gasteiger partial charge is 0.393 e. The number of imidazole rings is 1. The van der Waals surface area contributed by atoms with E-state index in [1.54, 1.807) is 29.8 Å². The van der Waals surface area contributed by atoms with Crippen LogP contribution in [0.5, 0.6) is 0 Å². The number of rotatable bonds is 5. The van der Waals surface area contributed by atoms with Crippen LogP contribution in [0.2, 0.25) is 0 Å². The Morgan fingerprint density at radius 1 is 1.24 bits per heavy atom. The van der Waals surface area contributed by atoms with Crippen molar-refractivity contribution in [3.8, 4) is 11.3 Å². The second-order valence-corrected chi connectivity index (χ2v) is 9.82. The smallest absolute Gasteiger partial charge is 0.225 e. The molecule has 1 aliphatic rings. The van der Waals surface area contributed by atoms with Gasteiger partial charge in [0.25, 0.3) is 0 Å². The molecule has 34 heavy (non-hydrogen) atoms. The van der Waals surface area contributed by atoms with Crippen LogP contribution in [0.4, 0.5) is 4.39 Å². The standard InChI is InChI=1S/C27H31FN4O2/c1-16(2)25-21-13-19(18-6-9-31(10-7-18)24(34)12-17(3)33)4-5-23(21)30-26(25)20-14-22(28)27-29-8-11-32(27)15-20/h4-5,8,11,13-18,30,33H,6-7,9-10,12H2,1-3H3/t17-/m0/s1. The molecule has 178 valence electrons. The van der Waals surface area contributed by atoms with E-state index in [9.17, 15) is 14.3 Å². The number of aliphatic hydroxyl groups excluding tert-OH is 1. The van der Waals surface area contributed by atoms with Crippen molar-refractivity contribution in [2.45, 2.75) is 58.0 Å². The first kappa shape index (κ1) is 22.6. The number of carbonyl (C=O) groups is 1. The van der Waals surface area contributed by atoms with Crippen LogP contribution in [0.1, 0.15) is 63.0 Å². The van der Waals surface area contributed by atoms with Gasteiger partial charge < -0.3 is 19.4 Å². The zero-order chi connectivity index (χ0) is 24.0. The number of likely N-dealkylation sites (tertiary alicyclic amines) is 1. The van der Waals surface area contributed by atoms with E-state index in [0.717, 1.165) is 29.6 Å². The van der Waals surface area contributed by atoms with Gasteiger partial charge in [0.05, 0.1) is 18.2 Å². The molecule has 3 aromatic heterocycles. The van der Waals surface area contributed by atoms with Crippen molar-refractivity contribution in [1.29, 1.82) is 0 Å². The van der Waals surface area contributed by atoms with Gasteiger partial charge in [-0.2, -0.15) is 0 Å². The molecule has 0 spiro atoms. The first-order valence-electron chi connectivity index (χ1n) is 12.1. The Labute approximate surface area is 198 Å². The van der Waals surface area contributed by atoms with Crippen LogP contribution in [0.3, 0.4) is 0 Å². The van der Waals surface area contributed by atoms with Gasteiger partial charge >= 0.3 is 0 Å². The lowest BCUT2D eigenvalue weighted by molar-refractivity contribution is -0.134. The minimum absolute atomic E-state index is 0.0309. The van der Waals surface area contributed by atoms with Crippen molar-refractivity contribution in [3.63, 3.8) is 0 Å². The van der Waals surface area contributed by atoms with E-state index in [2.05, 4.69) is 42.0 Å². The molecule has 0 radical (unpaired) electrons. The average Bonchev–Trinajstić information content (AvgIpc) is 3.43. The highest BCUT2D eigenvalue weighted by atomic mass is 19.1. The lowest BCUT2D eigenvalue weighted by atomic mass is 9.87. The Hall–Kier alpha value is -3.19. The Morgan fingerprint density at radius 3 is 2.71 bits per heavy atom. The molecule has 1 aromatic carbocycles. The van der Waals surface area contributed by atoms with Crippen molar-refractivity contribution in [2.75, 3.05) is 13.1 Å². The first-order chi connectivity index (χ1) is 16.3. The second-order valence-electron chi connectivity index (χ2n) is 9.82. The average molecular weight is 463 g/mol. The molecule has 0 saturated carbocycles. The normalized spacial score (nSPS) is 16.1. The summed E-state index contributed by atoms with van der Waals surface area (Å²) in [5.74, 6) is 0.329. The van der Waals surface area contributed by atoms with E-state index in [0.29, 0.717) is 24.7 Å². The third kappa shape index (κ3) is 4.09.